The van der Waals surface area contributed by atoms with Crippen LogP contribution in [0.5, 0.6) is 0 Å². The van der Waals surface area contributed by atoms with Crippen molar-refractivity contribution in [3.63, 3.8) is 0 Å². The van der Waals surface area contributed by atoms with E-state index in [2.05, 4.69) is 17.1 Å². The van der Waals surface area contributed by atoms with Crippen LogP contribution >= 0.6 is 0 Å². The summed E-state index contributed by atoms with van der Waals surface area (Å²) in [6, 6.07) is 3.38. The van der Waals surface area contributed by atoms with Gasteiger partial charge in [-0.3, -0.25) is 19.4 Å². The van der Waals surface area contributed by atoms with Gasteiger partial charge in [0, 0.05) is 70.0 Å². The first-order chi connectivity index (χ1) is 24.0. The van der Waals surface area contributed by atoms with Crippen LogP contribution in [0.25, 0.3) is 0 Å². The number of carbonyl (C=O) groups is 2. The van der Waals surface area contributed by atoms with Crippen molar-refractivity contribution in [2.45, 2.75) is 62.7 Å². The van der Waals surface area contributed by atoms with Crippen molar-refractivity contribution in [3.8, 4) is 0 Å². The molecule has 1 aliphatic carbocycles. The SMILES string of the molecule is COC1=CCC([C@@H]2CN(C3CCN(C(CF)CF)CC3)C[C@H]2C(=O)N2CC[C@@H](c3ccc(C(F)(F)F)cc3N3CCC(C(=O)O)CC3)C2)C=C1. The molecule has 1 unspecified atom stereocenters. The van der Waals surface area contributed by atoms with Gasteiger partial charge in [0.25, 0.3) is 0 Å². The zero-order valence-electron chi connectivity index (χ0n) is 28.7. The summed E-state index contributed by atoms with van der Waals surface area (Å²) in [5.41, 5.74) is 0.513. The third-order valence-corrected chi connectivity index (χ3v) is 12.0. The Morgan fingerprint density at radius 2 is 1.68 bits per heavy atom. The lowest BCUT2D eigenvalue weighted by atomic mass is 9.79. The molecular weight excluding hydrogens is 659 g/mol. The second-order valence-corrected chi connectivity index (χ2v) is 14.7. The number of piperidine rings is 2. The smallest absolute Gasteiger partial charge is 0.416 e. The van der Waals surface area contributed by atoms with E-state index in [-0.39, 0.29) is 35.6 Å². The largest absolute Gasteiger partial charge is 0.497 e. The second-order valence-electron chi connectivity index (χ2n) is 14.7. The molecule has 4 atom stereocenters. The number of anilines is 1. The molecule has 4 aliphatic heterocycles. The lowest BCUT2D eigenvalue weighted by Gasteiger charge is -2.39. The van der Waals surface area contributed by atoms with Gasteiger partial charge in [0.1, 0.15) is 19.1 Å². The fourth-order valence-corrected chi connectivity index (χ4v) is 8.95. The van der Waals surface area contributed by atoms with Gasteiger partial charge in [0.05, 0.1) is 30.6 Å². The molecule has 1 aromatic rings. The fourth-order valence-electron chi connectivity index (χ4n) is 8.95. The number of halogens is 5. The molecular formula is C37H49F5N4O4. The topological polar surface area (TPSA) is 76.6 Å². The van der Waals surface area contributed by atoms with Gasteiger partial charge in [-0.05, 0) is 80.2 Å². The van der Waals surface area contributed by atoms with Gasteiger partial charge in [-0.2, -0.15) is 13.2 Å². The third-order valence-electron chi connectivity index (χ3n) is 12.0. The van der Waals surface area contributed by atoms with Crippen LogP contribution in [-0.2, 0) is 20.5 Å². The van der Waals surface area contributed by atoms with E-state index in [1.807, 2.05) is 20.8 Å². The minimum Gasteiger partial charge on any atom is -0.497 e. The van der Waals surface area contributed by atoms with Crippen LogP contribution < -0.4 is 4.90 Å². The van der Waals surface area contributed by atoms with Crippen LogP contribution in [-0.4, -0.2) is 117 Å². The van der Waals surface area contributed by atoms with Gasteiger partial charge in [-0.25, -0.2) is 8.78 Å². The molecule has 1 N–H and O–H groups in total. The molecule has 6 rings (SSSR count). The summed E-state index contributed by atoms with van der Waals surface area (Å²) in [7, 11) is 1.63. The molecule has 5 aliphatic rings. The maximum atomic E-state index is 14.4. The van der Waals surface area contributed by atoms with E-state index in [4.69, 9.17) is 4.74 Å². The van der Waals surface area contributed by atoms with Gasteiger partial charge in [-0.15, -0.1) is 0 Å². The average Bonchev–Trinajstić information content (AvgIpc) is 3.81. The number of nitrogens with zero attached hydrogens (tertiary/aromatic N) is 4. The monoisotopic (exact) mass is 708 g/mol. The molecule has 50 heavy (non-hydrogen) atoms. The first-order valence-electron chi connectivity index (χ1n) is 18.0. The summed E-state index contributed by atoms with van der Waals surface area (Å²) >= 11 is 0. The van der Waals surface area contributed by atoms with Crippen molar-refractivity contribution in [2.24, 2.45) is 23.7 Å². The second kappa shape index (κ2) is 15.6. The molecule has 1 amide bonds. The standard InChI is InChI=1S/C37H49F5N4O4/c1-50-30-5-2-24(3-6-30)32-22-46(28-11-16-43(17-12-28)29(19-38)20-39)23-33(32)35(47)45-15-10-26(21-45)31-7-4-27(37(40,41)42)18-34(31)44-13-8-25(9-14-44)36(48)49/h2,4-7,18,24-26,28-29,32-33H,3,8-17,19-23H2,1H3,(H,48,49)/t24?,26-,32+,33-/m1/s1. The molecule has 4 heterocycles. The lowest BCUT2D eigenvalue weighted by Crippen LogP contribution is -2.49. The van der Waals surface area contributed by atoms with Crippen molar-refractivity contribution in [3.05, 3.63) is 53.3 Å². The molecule has 4 fully saturated rings. The Morgan fingerprint density at radius 1 is 0.960 bits per heavy atom. The molecule has 0 radical (unpaired) electrons. The van der Waals surface area contributed by atoms with E-state index >= 15 is 0 Å². The number of benzene rings is 1. The summed E-state index contributed by atoms with van der Waals surface area (Å²) in [4.78, 5) is 34.1. The van der Waals surface area contributed by atoms with Crippen LogP contribution in [0.3, 0.4) is 0 Å². The maximum absolute atomic E-state index is 14.4. The molecule has 8 nitrogen and oxygen atoms in total. The Kier molecular flexibility index (Phi) is 11.4. The van der Waals surface area contributed by atoms with Crippen molar-refractivity contribution < 1.29 is 41.4 Å². The van der Waals surface area contributed by atoms with Crippen molar-refractivity contribution in [1.82, 2.24) is 14.7 Å². The summed E-state index contributed by atoms with van der Waals surface area (Å²) in [6.07, 6.45) is 5.31. The van der Waals surface area contributed by atoms with Crippen LogP contribution in [0.1, 0.15) is 55.6 Å². The quantitative estimate of drug-likeness (QED) is 0.311. The zero-order chi connectivity index (χ0) is 35.6. The highest BCUT2D eigenvalue weighted by molar-refractivity contribution is 5.80. The number of hydrogen-bond acceptors (Lipinski definition) is 6. The van der Waals surface area contributed by atoms with Crippen LogP contribution in [0.15, 0.2) is 42.2 Å². The Morgan fingerprint density at radius 3 is 2.28 bits per heavy atom. The number of allylic oxidation sites excluding steroid dienone is 3. The summed E-state index contributed by atoms with van der Waals surface area (Å²) < 4.78 is 73.7. The lowest BCUT2D eigenvalue weighted by molar-refractivity contribution is -0.142. The number of carbonyl (C=O) groups excluding carboxylic acids is 1. The van der Waals surface area contributed by atoms with Crippen LogP contribution in [0.2, 0.25) is 0 Å². The molecule has 13 heteroatoms. The van der Waals surface area contributed by atoms with Crippen molar-refractivity contribution in [1.29, 1.82) is 0 Å². The summed E-state index contributed by atoms with van der Waals surface area (Å²) in [5.74, 6) is -0.726. The predicted octanol–water partition coefficient (Wildman–Crippen LogP) is 5.75. The minimum atomic E-state index is -4.51. The number of carboxylic acid groups (broad SMARTS) is 1. The van der Waals surface area contributed by atoms with E-state index in [1.54, 1.807) is 13.2 Å². The van der Waals surface area contributed by atoms with Crippen LogP contribution in [0.4, 0.5) is 27.6 Å². The number of likely N-dealkylation sites (tertiary alicyclic amines) is 3. The third kappa shape index (κ3) is 7.83. The summed E-state index contributed by atoms with van der Waals surface area (Å²) in [5, 5.41) is 9.46. The highest BCUT2D eigenvalue weighted by Crippen LogP contribution is 2.43. The van der Waals surface area contributed by atoms with Gasteiger partial charge < -0.3 is 19.6 Å². The number of ether oxygens (including phenoxy) is 1. The molecule has 0 saturated carbocycles. The Hall–Kier alpha value is -3.19. The van der Waals surface area contributed by atoms with Gasteiger partial charge in [-0.1, -0.05) is 12.1 Å². The number of alkyl halides is 5. The highest BCUT2D eigenvalue weighted by Gasteiger charge is 2.46. The molecule has 276 valence electrons. The molecule has 4 saturated heterocycles. The van der Waals surface area contributed by atoms with Gasteiger partial charge in [0.15, 0.2) is 0 Å². The van der Waals surface area contributed by atoms with E-state index in [9.17, 15) is 36.6 Å². The number of carboxylic acids is 1. The maximum Gasteiger partial charge on any atom is 0.416 e. The molecule has 0 aromatic heterocycles. The molecule has 0 bridgehead atoms. The van der Waals surface area contributed by atoms with Gasteiger partial charge >= 0.3 is 12.1 Å². The Labute approximate surface area is 290 Å². The highest BCUT2D eigenvalue weighted by atomic mass is 19.4. The van der Waals surface area contributed by atoms with E-state index in [1.165, 1.54) is 6.07 Å². The molecule has 0 spiro atoms. The van der Waals surface area contributed by atoms with Crippen LogP contribution in [0, 0.1) is 23.7 Å². The average molecular weight is 709 g/mol. The van der Waals surface area contributed by atoms with E-state index < -0.39 is 43.0 Å². The summed E-state index contributed by atoms with van der Waals surface area (Å²) in [6.45, 7) is 2.79. The first-order valence-corrected chi connectivity index (χ1v) is 18.0. The number of hydrogen-bond donors (Lipinski definition) is 1. The van der Waals surface area contributed by atoms with Crippen molar-refractivity contribution >= 4 is 17.6 Å². The molecule has 1 aromatic carbocycles. The Balaban J connectivity index is 1.18. The fraction of sp³-hybridized carbons (Fsp3) is 0.676. The van der Waals surface area contributed by atoms with Gasteiger partial charge in [0.2, 0.25) is 5.91 Å². The normalized spacial score (nSPS) is 27.7. The van der Waals surface area contributed by atoms with E-state index in [0.29, 0.717) is 70.8 Å². The van der Waals surface area contributed by atoms with E-state index in [0.717, 1.165) is 43.2 Å². The number of methoxy groups -OCH3 is 1. The number of rotatable bonds is 10. The predicted molar refractivity (Wildman–Crippen MR) is 179 cm³/mol. The number of amides is 1. The first kappa shape index (κ1) is 36.6. The Bertz CT molecular complexity index is 1420. The minimum absolute atomic E-state index is 0.0621. The van der Waals surface area contributed by atoms with Crippen molar-refractivity contribution in [2.75, 3.05) is 77.7 Å². The number of aliphatic carboxylic acids is 1. The zero-order valence-corrected chi connectivity index (χ0v) is 28.7.